The Morgan fingerprint density at radius 3 is 1.59 bits per heavy atom. The van der Waals surface area contributed by atoms with E-state index < -0.39 is 22.8 Å². The standard InChI is InChI=1S/C11H20O4.Li.Na/c1-5-6-7-11(8(12)13,9(14)15)10(2,3)4;;/h5-7H2,1-4H3,(H,12,13)(H,14,15);;/q;2*+1/p-2. The van der Waals surface area contributed by atoms with Crippen LogP contribution >= 0.6 is 0 Å². The van der Waals surface area contributed by atoms with Gasteiger partial charge in [-0.15, -0.1) is 0 Å². The molecule has 17 heavy (non-hydrogen) atoms. The largest absolute Gasteiger partial charge is 1.00 e. The van der Waals surface area contributed by atoms with Gasteiger partial charge in [-0.3, -0.25) is 0 Å². The van der Waals surface area contributed by atoms with Gasteiger partial charge in [0, 0.05) is 0 Å². The van der Waals surface area contributed by atoms with E-state index in [4.69, 9.17) is 0 Å². The van der Waals surface area contributed by atoms with Crippen molar-refractivity contribution in [1.82, 2.24) is 0 Å². The maximum absolute atomic E-state index is 11.1. The van der Waals surface area contributed by atoms with E-state index in [1.807, 2.05) is 6.92 Å². The zero-order valence-electron chi connectivity index (χ0n) is 11.8. The van der Waals surface area contributed by atoms with Gasteiger partial charge in [0.05, 0.1) is 17.4 Å². The minimum atomic E-state index is -1.90. The molecule has 0 fully saturated rings. The summed E-state index contributed by atoms with van der Waals surface area (Å²) in [5.41, 5.74) is -2.82. The Balaban J connectivity index is -0.000000980. The van der Waals surface area contributed by atoms with E-state index in [0.717, 1.165) is 6.42 Å². The number of carbonyl (C=O) groups excluding carboxylic acids is 2. The van der Waals surface area contributed by atoms with Crippen LogP contribution in [0.5, 0.6) is 0 Å². The third kappa shape index (κ3) is 4.96. The van der Waals surface area contributed by atoms with Gasteiger partial charge in [0.25, 0.3) is 0 Å². The summed E-state index contributed by atoms with van der Waals surface area (Å²) < 4.78 is 0. The Hall–Kier alpha value is 0.537. The SMILES string of the molecule is CCCCC(C(=O)[O-])(C(=O)[O-])C(C)(C)C.[Li+].[Na+]. The molecule has 0 aromatic carbocycles. The van der Waals surface area contributed by atoms with Crippen LogP contribution in [0, 0.1) is 10.8 Å². The first-order valence-corrected chi connectivity index (χ1v) is 5.13. The second kappa shape index (κ2) is 8.61. The van der Waals surface area contributed by atoms with Gasteiger partial charge in [0.15, 0.2) is 0 Å². The number of carboxylic acids is 2. The van der Waals surface area contributed by atoms with Crippen molar-refractivity contribution in [2.75, 3.05) is 0 Å². The number of hydrogen-bond donors (Lipinski definition) is 0. The van der Waals surface area contributed by atoms with E-state index in [-0.39, 0.29) is 54.8 Å². The van der Waals surface area contributed by atoms with Gasteiger partial charge in [0.1, 0.15) is 0 Å². The fourth-order valence-corrected chi connectivity index (χ4v) is 1.72. The molecular formula is C11H18LiNaO4. The van der Waals surface area contributed by atoms with E-state index in [1.54, 1.807) is 20.8 Å². The van der Waals surface area contributed by atoms with Crippen LogP contribution in [0.25, 0.3) is 0 Å². The summed E-state index contributed by atoms with van der Waals surface area (Å²) in [5, 5.41) is 22.2. The van der Waals surface area contributed by atoms with E-state index in [2.05, 4.69) is 0 Å². The molecule has 0 aliphatic heterocycles. The Bertz CT molecular complexity index is 247. The smallest absolute Gasteiger partial charge is 0.549 e. The normalized spacial score (nSPS) is 11.1. The van der Waals surface area contributed by atoms with Crippen molar-refractivity contribution in [1.29, 1.82) is 0 Å². The molecule has 0 unspecified atom stereocenters. The van der Waals surface area contributed by atoms with Crippen molar-refractivity contribution < 1.29 is 68.2 Å². The first-order valence-electron chi connectivity index (χ1n) is 5.13. The fourth-order valence-electron chi connectivity index (χ4n) is 1.72. The number of hydrogen-bond acceptors (Lipinski definition) is 4. The predicted octanol–water partition coefficient (Wildman–Crippen LogP) is -6.28. The summed E-state index contributed by atoms with van der Waals surface area (Å²) in [6.45, 7) is 6.61. The Morgan fingerprint density at radius 1 is 1.06 bits per heavy atom. The number of rotatable bonds is 5. The molecule has 0 aliphatic rings. The fraction of sp³-hybridized carbons (Fsp3) is 0.818. The van der Waals surface area contributed by atoms with Crippen LogP contribution in [0.3, 0.4) is 0 Å². The molecule has 0 saturated heterocycles. The van der Waals surface area contributed by atoms with Gasteiger partial charge in [-0.25, -0.2) is 0 Å². The molecule has 0 spiro atoms. The maximum atomic E-state index is 11.1. The van der Waals surface area contributed by atoms with Gasteiger partial charge in [-0.05, 0) is 11.8 Å². The summed E-state index contributed by atoms with van der Waals surface area (Å²) in [5.74, 6) is -3.10. The topological polar surface area (TPSA) is 80.3 Å². The van der Waals surface area contributed by atoms with E-state index in [0.29, 0.717) is 6.42 Å². The summed E-state index contributed by atoms with van der Waals surface area (Å²) in [6, 6.07) is 0. The summed E-state index contributed by atoms with van der Waals surface area (Å²) in [6.07, 6.45) is 1.31. The zero-order valence-corrected chi connectivity index (χ0v) is 13.8. The molecule has 0 aromatic rings. The Labute approximate surface area is 137 Å². The molecular weight excluding hydrogens is 226 g/mol. The first-order chi connectivity index (χ1) is 6.70. The molecule has 6 heteroatoms. The van der Waals surface area contributed by atoms with Crippen LogP contribution < -0.4 is 58.6 Å². The number of aliphatic carboxylic acids is 2. The third-order valence-electron chi connectivity index (χ3n) is 2.88. The molecule has 0 bridgehead atoms. The molecule has 0 saturated carbocycles. The van der Waals surface area contributed by atoms with Crippen molar-refractivity contribution in [3.63, 3.8) is 0 Å². The monoisotopic (exact) mass is 244 g/mol. The van der Waals surface area contributed by atoms with Crippen LogP contribution in [-0.4, -0.2) is 11.9 Å². The number of carbonyl (C=O) groups is 2. The summed E-state index contributed by atoms with van der Waals surface area (Å²) in [7, 11) is 0. The molecule has 0 atom stereocenters. The van der Waals surface area contributed by atoms with Crippen molar-refractivity contribution >= 4 is 11.9 Å². The Kier molecular flexibility index (Phi) is 11.5. The maximum Gasteiger partial charge on any atom is 1.00 e. The van der Waals surface area contributed by atoms with Gasteiger partial charge >= 0.3 is 48.4 Å². The molecule has 0 amide bonds. The molecule has 0 heterocycles. The van der Waals surface area contributed by atoms with Crippen LogP contribution in [-0.2, 0) is 9.59 Å². The number of unbranched alkanes of at least 4 members (excludes halogenated alkanes) is 1. The summed E-state index contributed by atoms with van der Waals surface area (Å²) >= 11 is 0. The quantitative estimate of drug-likeness (QED) is 0.356. The molecule has 88 valence electrons. The van der Waals surface area contributed by atoms with Crippen LogP contribution in [0.15, 0.2) is 0 Å². The van der Waals surface area contributed by atoms with E-state index >= 15 is 0 Å². The molecule has 4 nitrogen and oxygen atoms in total. The first kappa shape index (κ1) is 22.7. The molecule has 0 rings (SSSR count). The Morgan fingerprint density at radius 2 is 1.41 bits per heavy atom. The van der Waals surface area contributed by atoms with E-state index in [1.165, 1.54) is 0 Å². The van der Waals surface area contributed by atoms with Crippen molar-refractivity contribution in [2.24, 2.45) is 10.8 Å². The zero-order chi connectivity index (χ0) is 12.3. The van der Waals surface area contributed by atoms with Crippen LogP contribution in [0.4, 0.5) is 0 Å². The molecule has 0 N–H and O–H groups in total. The van der Waals surface area contributed by atoms with Gasteiger partial charge < -0.3 is 19.8 Å². The number of carboxylic acid groups (broad SMARTS) is 2. The minimum Gasteiger partial charge on any atom is -0.549 e. The second-order valence-electron chi connectivity index (χ2n) is 4.83. The van der Waals surface area contributed by atoms with Gasteiger partial charge in [-0.1, -0.05) is 40.5 Å². The minimum absolute atomic E-state index is 0. The average Bonchev–Trinajstić information content (AvgIpc) is 2.01. The molecule has 0 radical (unpaired) electrons. The predicted molar refractivity (Wildman–Crippen MR) is 51.4 cm³/mol. The third-order valence-corrected chi connectivity index (χ3v) is 2.88. The van der Waals surface area contributed by atoms with Crippen LogP contribution in [0.2, 0.25) is 0 Å². The van der Waals surface area contributed by atoms with Crippen molar-refractivity contribution in [2.45, 2.75) is 47.0 Å². The van der Waals surface area contributed by atoms with Crippen molar-refractivity contribution in [3.05, 3.63) is 0 Å². The van der Waals surface area contributed by atoms with Crippen molar-refractivity contribution in [3.8, 4) is 0 Å². The van der Waals surface area contributed by atoms with Gasteiger partial charge in [-0.2, -0.15) is 0 Å². The summed E-state index contributed by atoms with van der Waals surface area (Å²) in [4.78, 5) is 22.2. The molecule has 0 aromatic heterocycles. The second-order valence-corrected chi connectivity index (χ2v) is 4.83. The average molecular weight is 244 g/mol. The van der Waals surface area contributed by atoms with Gasteiger partial charge in [0.2, 0.25) is 0 Å². The van der Waals surface area contributed by atoms with Crippen LogP contribution in [0.1, 0.15) is 47.0 Å². The molecule has 0 aliphatic carbocycles. The van der Waals surface area contributed by atoms with E-state index in [9.17, 15) is 19.8 Å².